The van der Waals surface area contributed by atoms with Gasteiger partial charge in [0, 0.05) is 12.2 Å². The minimum atomic E-state index is -0.337. The molecule has 1 aliphatic carbocycles. The van der Waals surface area contributed by atoms with Gasteiger partial charge in [-0.15, -0.1) is 0 Å². The van der Waals surface area contributed by atoms with Crippen molar-refractivity contribution in [3.63, 3.8) is 0 Å². The van der Waals surface area contributed by atoms with Crippen LogP contribution in [0.3, 0.4) is 0 Å². The van der Waals surface area contributed by atoms with Crippen molar-refractivity contribution in [2.24, 2.45) is 5.92 Å². The molecule has 0 radical (unpaired) electrons. The first-order valence-corrected chi connectivity index (χ1v) is 11.6. The molecule has 0 bridgehead atoms. The first-order valence-electron chi connectivity index (χ1n) is 10.4. The number of hydrogen-bond acceptors (Lipinski definition) is 10. The fourth-order valence-corrected chi connectivity index (χ4v) is 4.41. The Morgan fingerprint density at radius 1 is 1.06 bits per heavy atom. The summed E-state index contributed by atoms with van der Waals surface area (Å²) in [5.74, 6) is 1.36. The summed E-state index contributed by atoms with van der Waals surface area (Å²) < 4.78 is 0. The average molecular weight is 478 g/mol. The second-order valence-corrected chi connectivity index (χ2v) is 9.10. The molecule has 0 saturated heterocycles. The molecule has 1 saturated carbocycles. The monoisotopic (exact) mass is 477 g/mol. The summed E-state index contributed by atoms with van der Waals surface area (Å²) in [4.78, 5) is 27.1. The molecule has 2 heterocycles. The Morgan fingerprint density at radius 2 is 1.78 bits per heavy atom. The van der Waals surface area contributed by atoms with Gasteiger partial charge in [0.05, 0.1) is 16.4 Å². The first-order chi connectivity index (χ1) is 15.5. The van der Waals surface area contributed by atoms with Gasteiger partial charge in [0.25, 0.3) is 0 Å². The fourth-order valence-electron chi connectivity index (χ4n) is 3.56. The van der Waals surface area contributed by atoms with E-state index in [4.69, 9.17) is 11.6 Å². The molecule has 0 spiro atoms. The Morgan fingerprint density at radius 3 is 2.47 bits per heavy atom. The van der Waals surface area contributed by atoms with Crippen LogP contribution < -0.4 is 20.8 Å². The van der Waals surface area contributed by atoms with Gasteiger partial charge in [0.15, 0.2) is 0 Å². The number of benzene rings is 1. The SMILES string of the molecule is O=c1[nH]c(O)c(CNc2nc(NCC3CCCCC3)nc(Nc3ccc(O)c(Cl)c3)n2)s1. The van der Waals surface area contributed by atoms with E-state index in [2.05, 4.69) is 35.9 Å². The minimum absolute atomic E-state index is 0.0182. The lowest BCUT2D eigenvalue weighted by atomic mass is 9.89. The molecule has 170 valence electrons. The van der Waals surface area contributed by atoms with Crippen LogP contribution in [0.4, 0.5) is 23.5 Å². The van der Waals surface area contributed by atoms with Gasteiger partial charge in [0.1, 0.15) is 5.75 Å². The van der Waals surface area contributed by atoms with Gasteiger partial charge >= 0.3 is 4.87 Å². The lowest BCUT2D eigenvalue weighted by Crippen LogP contribution is -2.19. The smallest absolute Gasteiger partial charge is 0.307 e. The number of thiazole rings is 1. The number of rotatable bonds is 8. The van der Waals surface area contributed by atoms with Crippen LogP contribution >= 0.6 is 22.9 Å². The normalized spacial score (nSPS) is 14.3. The zero-order valence-electron chi connectivity index (χ0n) is 17.2. The maximum absolute atomic E-state index is 11.4. The number of hydrogen-bond donors (Lipinski definition) is 6. The molecule has 1 aromatic carbocycles. The van der Waals surface area contributed by atoms with E-state index in [1.807, 2.05) is 0 Å². The highest BCUT2D eigenvalue weighted by Gasteiger charge is 2.15. The zero-order valence-corrected chi connectivity index (χ0v) is 18.8. The highest BCUT2D eigenvalue weighted by molar-refractivity contribution is 7.09. The van der Waals surface area contributed by atoms with E-state index in [-0.39, 0.29) is 40.0 Å². The summed E-state index contributed by atoms with van der Waals surface area (Å²) in [6.45, 7) is 0.944. The van der Waals surface area contributed by atoms with E-state index < -0.39 is 0 Å². The van der Waals surface area contributed by atoms with Gasteiger partial charge in [0.2, 0.25) is 23.7 Å². The van der Waals surface area contributed by atoms with Gasteiger partial charge in [-0.2, -0.15) is 15.0 Å². The van der Waals surface area contributed by atoms with E-state index >= 15 is 0 Å². The Bertz CT molecular complexity index is 1130. The van der Waals surface area contributed by atoms with E-state index in [0.29, 0.717) is 22.4 Å². The van der Waals surface area contributed by atoms with Crippen molar-refractivity contribution < 1.29 is 10.2 Å². The molecule has 0 amide bonds. The number of nitrogens with one attached hydrogen (secondary N) is 4. The molecule has 0 atom stereocenters. The third kappa shape index (κ3) is 5.80. The predicted octanol–water partition coefficient (Wildman–Crippen LogP) is 4.03. The quantitative estimate of drug-likeness (QED) is 0.264. The van der Waals surface area contributed by atoms with Crippen molar-refractivity contribution in [3.8, 4) is 11.6 Å². The second kappa shape index (κ2) is 10.0. The topological polar surface area (TPSA) is 148 Å². The molecular weight excluding hydrogens is 454 g/mol. The number of aromatic hydroxyl groups is 2. The molecule has 12 heteroatoms. The Kier molecular flexibility index (Phi) is 6.96. The maximum atomic E-state index is 11.4. The second-order valence-electron chi connectivity index (χ2n) is 7.62. The van der Waals surface area contributed by atoms with Crippen LogP contribution in [0.2, 0.25) is 5.02 Å². The van der Waals surface area contributed by atoms with Crippen LogP contribution in [0.5, 0.6) is 11.6 Å². The molecule has 10 nitrogen and oxygen atoms in total. The van der Waals surface area contributed by atoms with Crippen LogP contribution in [0.25, 0.3) is 0 Å². The molecule has 0 unspecified atom stereocenters. The number of phenolic OH excluding ortho intramolecular Hbond substituents is 1. The number of nitrogens with zero attached hydrogens (tertiary/aromatic N) is 3. The van der Waals surface area contributed by atoms with Crippen molar-refractivity contribution in [1.29, 1.82) is 0 Å². The lowest BCUT2D eigenvalue weighted by Gasteiger charge is -2.21. The molecule has 32 heavy (non-hydrogen) atoms. The Hall–Kier alpha value is -3.05. The van der Waals surface area contributed by atoms with Crippen molar-refractivity contribution >= 4 is 46.5 Å². The Balaban J connectivity index is 1.52. The molecule has 6 N–H and O–H groups in total. The van der Waals surface area contributed by atoms with Crippen molar-refractivity contribution in [1.82, 2.24) is 19.9 Å². The molecule has 1 aliphatic rings. The van der Waals surface area contributed by atoms with Gasteiger partial charge in [-0.05, 0) is 37.0 Å². The van der Waals surface area contributed by atoms with Gasteiger partial charge in [-0.1, -0.05) is 42.2 Å². The van der Waals surface area contributed by atoms with Gasteiger partial charge < -0.3 is 26.2 Å². The maximum Gasteiger partial charge on any atom is 0.307 e. The van der Waals surface area contributed by atoms with Crippen LogP contribution in [0, 0.1) is 5.92 Å². The number of aromatic nitrogens is 4. The van der Waals surface area contributed by atoms with Crippen LogP contribution in [-0.2, 0) is 6.54 Å². The summed E-state index contributed by atoms with van der Waals surface area (Å²) in [5.41, 5.74) is 0.602. The fraction of sp³-hybridized carbons (Fsp3) is 0.400. The minimum Gasteiger partial charge on any atom is -0.506 e. The molecule has 0 aliphatic heterocycles. The van der Waals surface area contributed by atoms with E-state index in [1.165, 1.54) is 38.2 Å². The van der Waals surface area contributed by atoms with Crippen molar-refractivity contribution in [3.05, 3.63) is 37.8 Å². The summed E-state index contributed by atoms with van der Waals surface area (Å²) in [6, 6.07) is 4.70. The summed E-state index contributed by atoms with van der Waals surface area (Å²) in [7, 11) is 0. The lowest BCUT2D eigenvalue weighted by molar-refractivity contribution is 0.373. The van der Waals surface area contributed by atoms with Crippen LogP contribution in [-0.4, -0.2) is 36.7 Å². The van der Waals surface area contributed by atoms with Gasteiger partial charge in [-0.3, -0.25) is 9.78 Å². The highest BCUT2D eigenvalue weighted by atomic mass is 35.5. The van der Waals surface area contributed by atoms with E-state index in [9.17, 15) is 15.0 Å². The third-order valence-electron chi connectivity index (χ3n) is 5.22. The zero-order chi connectivity index (χ0) is 22.5. The number of phenols is 1. The summed E-state index contributed by atoms with van der Waals surface area (Å²) >= 11 is 6.91. The average Bonchev–Trinajstić information content (AvgIpc) is 3.11. The van der Waals surface area contributed by atoms with Crippen LogP contribution in [0.15, 0.2) is 23.0 Å². The summed E-state index contributed by atoms with van der Waals surface area (Å²) in [6.07, 6.45) is 6.15. The molecule has 1 fully saturated rings. The molecule has 3 aromatic rings. The molecular formula is C20H24ClN7O3S. The highest BCUT2D eigenvalue weighted by Crippen LogP contribution is 2.28. The number of halogens is 1. The Labute approximate surface area is 193 Å². The predicted molar refractivity (Wildman–Crippen MR) is 125 cm³/mol. The number of aromatic amines is 1. The van der Waals surface area contributed by atoms with E-state index in [1.54, 1.807) is 12.1 Å². The van der Waals surface area contributed by atoms with E-state index in [0.717, 1.165) is 17.9 Å². The largest absolute Gasteiger partial charge is 0.506 e. The number of anilines is 4. The number of H-pyrrole nitrogens is 1. The van der Waals surface area contributed by atoms with Crippen molar-refractivity contribution in [2.75, 3.05) is 22.5 Å². The van der Waals surface area contributed by atoms with Crippen LogP contribution in [0.1, 0.15) is 37.0 Å². The third-order valence-corrected chi connectivity index (χ3v) is 6.39. The first kappa shape index (κ1) is 22.2. The molecule has 2 aromatic heterocycles. The standard InChI is InChI=1S/C20H24ClN7O3S/c21-13-8-12(6-7-14(13)29)24-19-27-17(22-9-11-4-2-1-3-5-11)26-18(28-19)23-10-15-16(30)25-20(31)32-15/h6-8,11,29-30H,1-5,9-10H2,(H,25,31)(H3,22,23,24,26,27,28). The summed E-state index contributed by atoms with van der Waals surface area (Å²) in [5, 5.41) is 29.0. The van der Waals surface area contributed by atoms with Gasteiger partial charge in [-0.25, -0.2) is 0 Å². The van der Waals surface area contributed by atoms with Crippen molar-refractivity contribution in [2.45, 2.75) is 38.6 Å². The molecule has 4 rings (SSSR count).